The zero-order chi connectivity index (χ0) is 15.6. The molecule has 0 heterocycles. The zero-order valence-electron chi connectivity index (χ0n) is 12.8. The zero-order valence-corrected chi connectivity index (χ0v) is 12.8. The van der Waals surface area contributed by atoms with E-state index in [0.29, 0.717) is 25.4 Å². The average Bonchev–Trinajstić information content (AvgIpc) is 2.58. The van der Waals surface area contributed by atoms with Crippen LogP contribution in [0.2, 0.25) is 0 Å². The van der Waals surface area contributed by atoms with E-state index in [1.54, 1.807) is 12.0 Å². The van der Waals surface area contributed by atoms with Crippen LogP contribution < -0.4 is 4.74 Å². The Morgan fingerprint density at radius 2 is 1.64 bits per heavy atom. The third kappa shape index (κ3) is 5.22. The number of hydrogen-bond donors (Lipinski definition) is 0. The summed E-state index contributed by atoms with van der Waals surface area (Å²) in [5.74, 6) is 0.645. The minimum absolute atomic E-state index is 0.0283. The van der Waals surface area contributed by atoms with Crippen molar-refractivity contribution in [3.63, 3.8) is 0 Å². The average molecular weight is 299 g/mol. The van der Waals surface area contributed by atoms with Gasteiger partial charge in [-0.1, -0.05) is 48.5 Å². The van der Waals surface area contributed by atoms with Gasteiger partial charge in [0.05, 0.1) is 6.61 Å². The summed E-state index contributed by atoms with van der Waals surface area (Å²) >= 11 is 0. The molecule has 4 nitrogen and oxygen atoms in total. The van der Waals surface area contributed by atoms with Crippen molar-refractivity contribution in [2.45, 2.75) is 6.54 Å². The SMILES string of the molecule is COCCN(Cc1ccccc1)C(=O)COc1ccccc1. The fraction of sp³-hybridized carbons (Fsp3) is 0.278. The van der Waals surface area contributed by atoms with Crippen molar-refractivity contribution in [3.8, 4) is 5.75 Å². The van der Waals surface area contributed by atoms with Crippen LogP contribution in [0.1, 0.15) is 5.56 Å². The molecule has 0 radical (unpaired) electrons. The summed E-state index contributed by atoms with van der Waals surface area (Å²) in [6.45, 7) is 1.63. The molecule has 0 saturated carbocycles. The molecule has 0 aromatic heterocycles. The predicted molar refractivity (Wildman–Crippen MR) is 85.7 cm³/mol. The number of nitrogens with zero attached hydrogens (tertiary/aromatic N) is 1. The molecule has 2 rings (SSSR count). The first-order valence-corrected chi connectivity index (χ1v) is 7.28. The van der Waals surface area contributed by atoms with E-state index in [9.17, 15) is 4.79 Å². The molecule has 0 spiro atoms. The van der Waals surface area contributed by atoms with Crippen molar-refractivity contribution in [3.05, 3.63) is 66.2 Å². The summed E-state index contributed by atoms with van der Waals surface area (Å²) in [6, 6.07) is 19.3. The summed E-state index contributed by atoms with van der Waals surface area (Å²) in [5.41, 5.74) is 1.09. The highest BCUT2D eigenvalue weighted by Crippen LogP contribution is 2.09. The largest absolute Gasteiger partial charge is 0.484 e. The van der Waals surface area contributed by atoms with Crippen LogP contribution in [-0.4, -0.2) is 37.7 Å². The lowest BCUT2D eigenvalue weighted by Crippen LogP contribution is -2.36. The number of carbonyl (C=O) groups excluding carboxylic acids is 1. The van der Waals surface area contributed by atoms with Gasteiger partial charge in [-0.15, -0.1) is 0 Å². The molecular formula is C18H21NO3. The minimum atomic E-state index is -0.0512. The topological polar surface area (TPSA) is 38.8 Å². The smallest absolute Gasteiger partial charge is 0.260 e. The third-order valence-corrected chi connectivity index (χ3v) is 3.24. The maximum Gasteiger partial charge on any atom is 0.260 e. The van der Waals surface area contributed by atoms with Crippen molar-refractivity contribution in [2.75, 3.05) is 26.9 Å². The van der Waals surface area contributed by atoms with Gasteiger partial charge in [0.2, 0.25) is 0 Å². The van der Waals surface area contributed by atoms with Gasteiger partial charge in [-0.2, -0.15) is 0 Å². The van der Waals surface area contributed by atoms with Gasteiger partial charge in [0.25, 0.3) is 5.91 Å². The van der Waals surface area contributed by atoms with Gasteiger partial charge in [0.15, 0.2) is 6.61 Å². The molecule has 0 saturated heterocycles. The second-order valence-corrected chi connectivity index (χ2v) is 4.90. The van der Waals surface area contributed by atoms with E-state index < -0.39 is 0 Å². The fourth-order valence-corrected chi connectivity index (χ4v) is 2.05. The van der Waals surface area contributed by atoms with Gasteiger partial charge in [0.1, 0.15) is 5.75 Å². The second-order valence-electron chi connectivity index (χ2n) is 4.90. The number of benzene rings is 2. The van der Waals surface area contributed by atoms with E-state index in [4.69, 9.17) is 9.47 Å². The molecular weight excluding hydrogens is 278 g/mol. The van der Waals surface area contributed by atoms with Crippen LogP contribution in [0.3, 0.4) is 0 Å². The number of methoxy groups -OCH3 is 1. The Balaban J connectivity index is 1.93. The minimum Gasteiger partial charge on any atom is -0.484 e. The summed E-state index contributed by atoms with van der Waals surface area (Å²) in [6.07, 6.45) is 0. The Morgan fingerprint density at radius 1 is 1.00 bits per heavy atom. The quantitative estimate of drug-likeness (QED) is 0.752. The van der Waals surface area contributed by atoms with E-state index in [2.05, 4.69) is 0 Å². The van der Waals surface area contributed by atoms with Gasteiger partial charge in [-0.25, -0.2) is 0 Å². The van der Waals surface area contributed by atoms with E-state index in [1.165, 1.54) is 0 Å². The van der Waals surface area contributed by atoms with E-state index >= 15 is 0 Å². The van der Waals surface area contributed by atoms with Crippen molar-refractivity contribution in [1.29, 1.82) is 0 Å². The first-order valence-electron chi connectivity index (χ1n) is 7.28. The van der Waals surface area contributed by atoms with Crippen LogP contribution in [-0.2, 0) is 16.1 Å². The molecule has 0 unspecified atom stereocenters. The van der Waals surface area contributed by atoms with Crippen LogP contribution in [0.25, 0.3) is 0 Å². The molecule has 0 aliphatic carbocycles. The highest BCUT2D eigenvalue weighted by molar-refractivity contribution is 5.77. The molecule has 2 aromatic carbocycles. The van der Waals surface area contributed by atoms with Crippen molar-refractivity contribution >= 4 is 5.91 Å². The van der Waals surface area contributed by atoms with E-state index in [1.807, 2.05) is 60.7 Å². The molecule has 116 valence electrons. The molecule has 2 aromatic rings. The Kier molecular flexibility index (Phi) is 6.45. The van der Waals surface area contributed by atoms with Crippen LogP contribution in [0, 0.1) is 0 Å². The van der Waals surface area contributed by atoms with Crippen LogP contribution in [0.15, 0.2) is 60.7 Å². The molecule has 4 heteroatoms. The molecule has 1 amide bonds. The number of amides is 1. The maximum absolute atomic E-state index is 12.4. The predicted octanol–water partition coefficient (Wildman–Crippen LogP) is 2.74. The molecule has 0 aliphatic rings. The Bertz CT molecular complexity index is 557. The lowest BCUT2D eigenvalue weighted by Gasteiger charge is -2.22. The highest BCUT2D eigenvalue weighted by atomic mass is 16.5. The second kappa shape index (κ2) is 8.85. The Morgan fingerprint density at radius 3 is 2.27 bits per heavy atom. The number of rotatable bonds is 8. The molecule has 0 fully saturated rings. The molecule has 0 N–H and O–H groups in total. The molecule has 0 bridgehead atoms. The molecule has 0 atom stereocenters. The van der Waals surface area contributed by atoms with Gasteiger partial charge >= 0.3 is 0 Å². The van der Waals surface area contributed by atoms with Crippen LogP contribution >= 0.6 is 0 Å². The van der Waals surface area contributed by atoms with Crippen LogP contribution in [0.4, 0.5) is 0 Å². The lowest BCUT2D eigenvalue weighted by atomic mass is 10.2. The third-order valence-electron chi connectivity index (χ3n) is 3.24. The monoisotopic (exact) mass is 299 g/mol. The summed E-state index contributed by atoms with van der Waals surface area (Å²) in [4.78, 5) is 14.1. The first-order chi connectivity index (χ1) is 10.8. The number of hydrogen-bond acceptors (Lipinski definition) is 3. The summed E-state index contributed by atoms with van der Waals surface area (Å²) in [7, 11) is 1.63. The maximum atomic E-state index is 12.4. The summed E-state index contributed by atoms with van der Waals surface area (Å²) < 4.78 is 10.6. The highest BCUT2D eigenvalue weighted by Gasteiger charge is 2.14. The molecule has 0 aliphatic heterocycles. The van der Waals surface area contributed by atoms with E-state index in [0.717, 1.165) is 5.56 Å². The Hall–Kier alpha value is -2.33. The normalized spacial score (nSPS) is 10.2. The summed E-state index contributed by atoms with van der Waals surface area (Å²) in [5, 5.41) is 0. The lowest BCUT2D eigenvalue weighted by molar-refractivity contribution is -0.134. The number of ether oxygens (including phenoxy) is 2. The van der Waals surface area contributed by atoms with Crippen molar-refractivity contribution in [1.82, 2.24) is 4.90 Å². The van der Waals surface area contributed by atoms with Gasteiger partial charge in [0, 0.05) is 20.2 Å². The number of para-hydroxylation sites is 1. The van der Waals surface area contributed by atoms with Gasteiger partial charge < -0.3 is 14.4 Å². The van der Waals surface area contributed by atoms with Crippen molar-refractivity contribution in [2.24, 2.45) is 0 Å². The van der Waals surface area contributed by atoms with Gasteiger partial charge in [-0.05, 0) is 17.7 Å². The van der Waals surface area contributed by atoms with Crippen molar-refractivity contribution < 1.29 is 14.3 Å². The van der Waals surface area contributed by atoms with E-state index in [-0.39, 0.29) is 12.5 Å². The number of carbonyl (C=O) groups is 1. The molecule has 22 heavy (non-hydrogen) atoms. The fourth-order valence-electron chi connectivity index (χ4n) is 2.05. The van der Waals surface area contributed by atoms with Gasteiger partial charge in [-0.3, -0.25) is 4.79 Å². The van der Waals surface area contributed by atoms with Crippen LogP contribution in [0.5, 0.6) is 5.75 Å². The Labute approximate surface area is 131 Å². The standard InChI is InChI=1S/C18H21NO3/c1-21-13-12-19(14-16-8-4-2-5-9-16)18(20)15-22-17-10-6-3-7-11-17/h2-11H,12-15H2,1H3. The first kappa shape index (κ1) is 16.0.